The van der Waals surface area contributed by atoms with Crippen LogP contribution in [-0.4, -0.2) is 44.2 Å². The first-order valence-corrected chi connectivity index (χ1v) is 10.9. The predicted octanol–water partition coefficient (Wildman–Crippen LogP) is 4.98. The fourth-order valence-corrected chi connectivity index (χ4v) is 4.20. The average Bonchev–Trinajstić information content (AvgIpc) is 2.79. The van der Waals surface area contributed by atoms with Crippen LogP contribution >= 0.6 is 0 Å². The van der Waals surface area contributed by atoms with Crippen LogP contribution in [0.4, 0.5) is 8.78 Å². The Hall–Kier alpha value is -2.31. The molecule has 1 heterocycles. The Morgan fingerprint density at radius 3 is 2.00 bits per heavy atom. The fourth-order valence-electron chi connectivity index (χ4n) is 4.20. The highest BCUT2D eigenvalue weighted by Crippen LogP contribution is 2.28. The lowest BCUT2D eigenvalue weighted by atomic mass is 9.88. The van der Waals surface area contributed by atoms with Gasteiger partial charge in [-0.3, -0.25) is 4.79 Å². The zero-order valence-electron chi connectivity index (χ0n) is 18.2. The van der Waals surface area contributed by atoms with Crippen molar-refractivity contribution in [1.82, 2.24) is 4.90 Å². The van der Waals surface area contributed by atoms with Crippen molar-refractivity contribution < 1.29 is 23.0 Å². The van der Waals surface area contributed by atoms with Crippen molar-refractivity contribution in [3.8, 4) is 0 Å². The zero-order chi connectivity index (χ0) is 22.2. The third-order valence-corrected chi connectivity index (χ3v) is 6.04. The minimum absolute atomic E-state index is 0.0583. The van der Waals surface area contributed by atoms with E-state index in [0.29, 0.717) is 12.5 Å². The van der Waals surface area contributed by atoms with Crippen LogP contribution in [0, 0.1) is 23.5 Å². The fraction of sp³-hybridized carbons (Fsp3) is 0.480. The Labute approximate surface area is 183 Å². The standard InChI is InChI=1S/C25H31F2NO3/c1-18(25(29)30-2)17-19-11-13-28(14-12-19)15-16-31-24(20-3-7-22(26)8-4-20)21-5-9-23(27)10-6-21/h3-10,18-19,24H,11-17H2,1-2H3. The van der Waals surface area contributed by atoms with Crippen molar-refractivity contribution in [3.05, 3.63) is 71.3 Å². The average molecular weight is 432 g/mol. The highest BCUT2D eigenvalue weighted by Gasteiger charge is 2.24. The lowest BCUT2D eigenvalue weighted by Gasteiger charge is -2.33. The Morgan fingerprint density at radius 2 is 1.52 bits per heavy atom. The number of likely N-dealkylation sites (tertiary alicyclic amines) is 1. The van der Waals surface area contributed by atoms with E-state index in [0.717, 1.165) is 50.0 Å². The Kier molecular flexibility index (Phi) is 8.55. The smallest absolute Gasteiger partial charge is 0.308 e. The summed E-state index contributed by atoms with van der Waals surface area (Å²) in [6, 6.07) is 12.5. The van der Waals surface area contributed by atoms with Gasteiger partial charge in [0.05, 0.1) is 19.6 Å². The van der Waals surface area contributed by atoms with Gasteiger partial charge >= 0.3 is 5.97 Å². The first-order chi connectivity index (χ1) is 15.0. The van der Waals surface area contributed by atoms with Gasteiger partial charge in [0.2, 0.25) is 0 Å². The van der Waals surface area contributed by atoms with Crippen LogP contribution in [0.5, 0.6) is 0 Å². The molecule has 0 aromatic heterocycles. The van der Waals surface area contributed by atoms with Gasteiger partial charge in [-0.05, 0) is 73.7 Å². The van der Waals surface area contributed by atoms with E-state index in [-0.39, 0.29) is 29.6 Å². The minimum Gasteiger partial charge on any atom is -0.469 e. The van der Waals surface area contributed by atoms with E-state index in [2.05, 4.69) is 4.90 Å². The predicted molar refractivity (Wildman–Crippen MR) is 116 cm³/mol. The number of methoxy groups -OCH3 is 1. The van der Waals surface area contributed by atoms with Gasteiger partial charge in [0.25, 0.3) is 0 Å². The Balaban J connectivity index is 1.51. The van der Waals surface area contributed by atoms with Gasteiger partial charge in [-0.15, -0.1) is 0 Å². The van der Waals surface area contributed by atoms with Crippen LogP contribution in [0.15, 0.2) is 48.5 Å². The molecule has 1 unspecified atom stereocenters. The quantitative estimate of drug-likeness (QED) is 0.525. The molecule has 0 amide bonds. The molecule has 31 heavy (non-hydrogen) atoms. The van der Waals surface area contributed by atoms with Crippen LogP contribution < -0.4 is 0 Å². The lowest BCUT2D eigenvalue weighted by Crippen LogP contribution is -2.37. The normalized spacial score (nSPS) is 16.4. The molecule has 2 aromatic carbocycles. The minimum atomic E-state index is -0.375. The maximum Gasteiger partial charge on any atom is 0.308 e. The summed E-state index contributed by atoms with van der Waals surface area (Å²) in [5.74, 6) is -0.255. The van der Waals surface area contributed by atoms with Gasteiger partial charge in [0.1, 0.15) is 17.7 Å². The molecule has 0 radical (unpaired) electrons. The van der Waals surface area contributed by atoms with Crippen molar-refractivity contribution >= 4 is 5.97 Å². The number of hydrogen-bond donors (Lipinski definition) is 0. The third-order valence-electron chi connectivity index (χ3n) is 6.04. The van der Waals surface area contributed by atoms with Gasteiger partial charge < -0.3 is 14.4 Å². The van der Waals surface area contributed by atoms with Crippen LogP contribution in [-0.2, 0) is 14.3 Å². The first kappa shape index (κ1) is 23.4. The Morgan fingerprint density at radius 1 is 1.00 bits per heavy atom. The summed E-state index contributed by atoms with van der Waals surface area (Å²) in [5.41, 5.74) is 1.67. The topological polar surface area (TPSA) is 38.8 Å². The summed E-state index contributed by atoms with van der Waals surface area (Å²) in [7, 11) is 1.44. The summed E-state index contributed by atoms with van der Waals surface area (Å²) in [4.78, 5) is 14.0. The number of hydrogen-bond acceptors (Lipinski definition) is 4. The SMILES string of the molecule is COC(=O)C(C)CC1CCN(CCOC(c2ccc(F)cc2)c2ccc(F)cc2)CC1. The van der Waals surface area contributed by atoms with Crippen LogP contribution in [0.3, 0.4) is 0 Å². The molecule has 4 nitrogen and oxygen atoms in total. The molecule has 1 aliphatic rings. The molecule has 1 aliphatic heterocycles. The van der Waals surface area contributed by atoms with Crippen LogP contribution in [0.1, 0.15) is 43.4 Å². The summed E-state index contributed by atoms with van der Waals surface area (Å²) < 4.78 is 37.7. The van der Waals surface area contributed by atoms with E-state index in [1.807, 2.05) is 6.92 Å². The number of carbonyl (C=O) groups excluding carboxylic acids is 1. The number of nitrogens with zero attached hydrogens (tertiary/aromatic N) is 1. The van der Waals surface area contributed by atoms with Crippen molar-refractivity contribution in [2.75, 3.05) is 33.4 Å². The maximum absolute atomic E-state index is 13.4. The summed E-state index contributed by atoms with van der Waals surface area (Å²) in [6.45, 7) is 5.18. The number of esters is 1. The van der Waals surface area contributed by atoms with E-state index in [1.54, 1.807) is 24.3 Å². The molecule has 1 atom stereocenters. The monoisotopic (exact) mass is 431 g/mol. The van der Waals surface area contributed by atoms with E-state index in [4.69, 9.17) is 9.47 Å². The van der Waals surface area contributed by atoms with Gasteiger partial charge in [-0.25, -0.2) is 8.78 Å². The molecule has 6 heteroatoms. The summed E-state index contributed by atoms with van der Waals surface area (Å²) >= 11 is 0. The van der Waals surface area contributed by atoms with Crippen molar-refractivity contribution in [3.63, 3.8) is 0 Å². The molecule has 0 bridgehead atoms. The van der Waals surface area contributed by atoms with Gasteiger partial charge in [0.15, 0.2) is 0 Å². The molecule has 0 spiro atoms. The van der Waals surface area contributed by atoms with E-state index in [9.17, 15) is 13.6 Å². The molecular weight excluding hydrogens is 400 g/mol. The lowest BCUT2D eigenvalue weighted by molar-refractivity contribution is -0.145. The molecule has 0 aliphatic carbocycles. The van der Waals surface area contributed by atoms with Crippen molar-refractivity contribution in [1.29, 1.82) is 0 Å². The molecule has 0 saturated carbocycles. The number of carbonyl (C=O) groups is 1. The number of benzene rings is 2. The van der Waals surface area contributed by atoms with Gasteiger partial charge in [-0.1, -0.05) is 31.2 Å². The number of halogens is 2. The second kappa shape index (κ2) is 11.3. The summed E-state index contributed by atoms with van der Waals surface area (Å²) in [5, 5.41) is 0. The molecule has 3 rings (SSSR count). The van der Waals surface area contributed by atoms with E-state index in [1.165, 1.54) is 31.4 Å². The van der Waals surface area contributed by atoms with Crippen LogP contribution in [0.25, 0.3) is 0 Å². The maximum atomic E-state index is 13.4. The second-order valence-electron chi connectivity index (χ2n) is 8.30. The van der Waals surface area contributed by atoms with E-state index < -0.39 is 0 Å². The molecule has 0 N–H and O–H groups in total. The first-order valence-electron chi connectivity index (χ1n) is 10.9. The summed E-state index contributed by atoms with van der Waals surface area (Å²) in [6.07, 6.45) is 2.61. The highest BCUT2D eigenvalue weighted by molar-refractivity contribution is 5.71. The highest BCUT2D eigenvalue weighted by atomic mass is 19.1. The molecule has 1 fully saturated rings. The number of ether oxygens (including phenoxy) is 2. The van der Waals surface area contributed by atoms with Crippen molar-refractivity contribution in [2.24, 2.45) is 11.8 Å². The second-order valence-corrected chi connectivity index (χ2v) is 8.30. The molecule has 168 valence electrons. The largest absolute Gasteiger partial charge is 0.469 e. The number of rotatable bonds is 9. The molecular formula is C25H31F2NO3. The van der Waals surface area contributed by atoms with Gasteiger partial charge in [0, 0.05) is 6.54 Å². The van der Waals surface area contributed by atoms with E-state index >= 15 is 0 Å². The number of piperidine rings is 1. The zero-order valence-corrected chi connectivity index (χ0v) is 18.2. The Bertz CT molecular complexity index is 772. The van der Waals surface area contributed by atoms with Crippen molar-refractivity contribution in [2.45, 2.75) is 32.3 Å². The van der Waals surface area contributed by atoms with Gasteiger partial charge in [-0.2, -0.15) is 0 Å². The molecule has 1 saturated heterocycles. The third kappa shape index (κ3) is 6.84. The van der Waals surface area contributed by atoms with Crippen LogP contribution in [0.2, 0.25) is 0 Å². The molecule has 2 aromatic rings.